The van der Waals surface area contributed by atoms with Crippen LogP contribution >= 0.6 is 22.9 Å². The molecule has 1 aromatic heterocycles. The van der Waals surface area contributed by atoms with Gasteiger partial charge in [-0.3, -0.25) is 9.59 Å². The second-order valence-electron chi connectivity index (χ2n) is 7.65. The average molecular weight is 475 g/mol. The zero-order valence-electron chi connectivity index (χ0n) is 17.5. The zero-order valence-corrected chi connectivity index (χ0v) is 19.1. The molecule has 0 aliphatic carbocycles. The lowest BCUT2D eigenvalue weighted by Gasteiger charge is -2.38. The van der Waals surface area contributed by atoms with Gasteiger partial charge in [-0.1, -0.05) is 17.7 Å². The van der Waals surface area contributed by atoms with Gasteiger partial charge in [0, 0.05) is 34.6 Å². The first-order valence-corrected chi connectivity index (χ1v) is 11.7. The molecule has 168 valence electrons. The van der Waals surface area contributed by atoms with Gasteiger partial charge in [0.1, 0.15) is 5.76 Å². The number of carbonyl (C=O) groups excluding carboxylic acids is 3. The molecule has 3 heterocycles. The van der Waals surface area contributed by atoms with Crippen molar-refractivity contribution in [2.75, 3.05) is 19.7 Å². The number of hydrogen-bond acceptors (Lipinski definition) is 6. The Labute approximate surface area is 194 Å². The summed E-state index contributed by atoms with van der Waals surface area (Å²) in [5.74, 6) is -1.55. The number of piperidine rings is 1. The minimum absolute atomic E-state index is 0.0765. The third-order valence-electron chi connectivity index (χ3n) is 5.79. The number of halogens is 1. The fourth-order valence-corrected chi connectivity index (χ4v) is 5.22. The topological polar surface area (TPSA) is 87.2 Å². The Bertz CT molecular complexity index is 1040. The monoisotopic (exact) mass is 474 g/mol. The first-order valence-electron chi connectivity index (χ1n) is 10.4. The number of aliphatic hydroxyl groups is 1. The van der Waals surface area contributed by atoms with Crippen molar-refractivity contribution in [1.29, 1.82) is 0 Å². The fraction of sp³-hybridized carbons (Fsp3) is 0.348. The van der Waals surface area contributed by atoms with Gasteiger partial charge < -0.3 is 19.6 Å². The summed E-state index contributed by atoms with van der Waals surface area (Å²) in [6.07, 6.45) is 0.675. The Kier molecular flexibility index (Phi) is 6.53. The molecule has 1 N–H and O–H groups in total. The van der Waals surface area contributed by atoms with Gasteiger partial charge >= 0.3 is 6.09 Å². The second kappa shape index (κ2) is 9.34. The molecule has 4 rings (SSSR count). The van der Waals surface area contributed by atoms with Crippen molar-refractivity contribution in [2.24, 2.45) is 0 Å². The Morgan fingerprint density at radius 3 is 2.47 bits per heavy atom. The lowest BCUT2D eigenvalue weighted by molar-refractivity contribution is -0.142. The fourth-order valence-electron chi connectivity index (χ4n) is 4.26. The van der Waals surface area contributed by atoms with Crippen LogP contribution in [0.3, 0.4) is 0 Å². The van der Waals surface area contributed by atoms with E-state index in [4.69, 9.17) is 16.3 Å². The minimum Gasteiger partial charge on any atom is -0.507 e. The van der Waals surface area contributed by atoms with Gasteiger partial charge in [0.2, 0.25) is 0 Å². The molecular weight excluding hydrogens is 452 g/mol. The molecule has 2 saturated heterocycles. The van der Waals surface area contributed by atoms with Crippen LogP contribution in [-0.4, -0.2) is 58.4 Å². The molecule has 1 unspecified atom stereocenters. The predicted octanol–water partition coefficient (Wildman–Crippen LogP) is 4.44. The van der Waals surface area contributed by atoms with E-state index in [1.807, 2.05) is 17.5 Å². The number of nitrogens with zero attached hydrogens (tertiary/aromatic N) is 2. The Hall–Kier alpha value is -2.84. The third-order valence-corrected chi connectivity index (χ3v) is 6.97. The summed E-state index contributed by atoms with van der Waals surface area (Å²) in [6.45, 7) is 2.92. The van der Waals surface area contributed by atoms with Crippen molar-refractivity contribution in [1.82, 2.24) is 9.80 Å². The third kappa shape index (κ3) is 4.12. The zero-order chi connectivity index (χ0) is 22.8. The number of Topliss-reactive ketones (excluding diaryl/α,β-unsaturated/α-hetero) is 1. The van der Waals surface area contributed by atoms with E-state index in [2.05, 4.69) is 0 Å². The van der Waals surface area contributed by atoms with Crippen LogP contribution in [0.4, 0.5) is 4.79 Å². The van der Waals surface area contributed by atoms with Crippen molar-refractivity contribution in [3.63, 3.8) is 0 Å². The largest absolute Gasteiger partial charge is 0.507 e. The highest BCUT2D eigenvalue weighted by molar-refractivity contribution is 7.10. The highest BCUT2D eigenvalue weighted by Gasteiger charge is 2.49. The summed E-state index contributed by atoms with van der Waals surface area (Å²) in [5.41, 5.74) is 0.499. The number of carbonyl (C=O) groups is 3. The van der Waals surface area contributed by atoms with Crippen LogP contribution in [0.5, 0.6) is 0 Å². The van der Waals surface area contributed by atoms with Gasteiger partial charge in [0.25, 0.3) is 11.7 Å². The standard InChI is InChI=1S/C23H23ClN2O5S/c1-2-31-23(30)25-11-9-16(10-12-25)26-19(17-4-3-13-32-17)18(21(28)22(26)29)20(27)14-5-7-15(24)8-6-14/h3-8,13,16,19,27H,2,9-12H2,1H3/b20-18-. The Morgan fingerprint density at radius 2 is 1.88 bits per heavy atom. The molecule has 1 aromatic carbocycles. The van der Waals surface area contributed by atoms with Gasteiger partial charge in [-0.05, 0) is 55.5 Å². The van der Waals surface area contributed by atoms with Crippen LogP contribution in [0.25, 0.3) is 5.76 Å². The van der Waals surface area contributed by atoms with Gasteiger partial charge in [0.15, 0.2) is 0 Å². The average Bonchev–Trinajstić information content (AvgIpc) is 3.41. The van der Waals surface area contributed by atoms with E-state index in [1.54, 1.807) is 41.0 Å². The minimum atomic E-state index is -0.705. The van der Waals surface area contributed by atoms with Crippen LogP contribution in [0.1, 0.15) is 36.2 Å². The predicted molar refractivity (Wildman–Crippen MR) is 122 cm³/mol. The number of ether oxygens (including phenoxy) is 1. The maximum absolute atomic E-state index is 13.1. The molecule has 0 saturated carbocycles. The number of hydrogen-bond donors (Lipinski definition) is 1. The van der Waals surface area contributed by atoms with Crippen molar-refractivity contribution in [3.05, 3.63) is 62.8 Å². The molecular formula is C23H23ClN2O5S. The van der Waals surface area contributed by atoms with Crippen molar-refractivity contribution in [3.8, 4) is 0 Å². The first kappa shape index (κ1) is 22.4. The van der Waals surface area contributed by atoms with Gasteiger partial charge in [-0.2, -0.15) is 0 Å². The summed E-state index contributed by atoms with van der Waals surface area (Å²) < 4.78 is 5.07. The maximum atomic E-state index is 13.1. The summed E-state index contributed by atoms with van der Waals surface area (Å²) in [4.78, 5) is 42.3. The van der Waals surface area contributed by atoms with Crippen molar-refractivity contribution < 1.29 is 24.2 Å². The van der Waals surface area contributed by atoms with Crippen molar-refractivity contribution >= 4 is 46.5 Å². The summed E-state index contributed by atoms with van der Waals surface area (Å²) in [6, 6.07) is 9.28. The Balaban J connectivity index is 1.68. The van der Waals surface area contributed by atoms with Gasteiger partial charge in [-0.15, -0.1) is 11.3 Å². The lowest BCUT2D eigenvalue weighted by Crippen LogP contribution is -2.48. The molecule has 32 heavy (non-hydrogen) atoms. The van der Waals surface area contributed by atoms with Crippen LogP contribution in [0.2, 0.25) is 5.02 Å². The van der Waals surface area contributed by atoms with Crippen molar-refractivity contribution in [2.45, 2.75) is 31.8 Å². The highest BCUT2D eigenvalue weighted by Crippen LogP contribution is 2.43. The van der Waals surface area contributed by atoms with E-state index in [-0.39, 0.29) is 23.5 Å². The van der Waals surface area contributed by atoms with E-state index in [0.29, 0.717) is 43.1 Å². The van der Waals surface area contributed by atoms with Gasteiger partial charge in [0.05, 0.1) is 18.2 Å². The van der Waals surface area contributed by atoms with Crippen LogP contribution < -0.4 is 0 Å². The number of ketones is 1. The summed E-state index contributed by atoms with van der Waals surface area (Å²) in [7, 11) is 0. The van der Waals surface area contributed by atoms with E-state index >= 15 is 0 Å². The van der Waals surface area contributed by atoms with Crippen LogP contribution in [0, 0.1) is 0 Å². The quantitative estimate of drug-likeness (QED) is 0.402. The summed E-state index contributed by atoms with van der Waals surface area (Å²) >= 11 is 7.38. The van der Waals surface area contributed by atoms with Crippen LogP contribution in [0.15, 0.2) is 47.4 Å². The highest BCUT2D eigenvalue weighted by atomic mass is 35.5. The lowest BCUT2D eigenvalue weighted by atomic mass is 9.98. The number of amides is 2. The normalized spacial score (nSPS) is 21.2. The molecule has 2 amide bonds. The molecule has 1 atom stereocenters. The molecule has 9 heteroatoms. The van der Waals surface area contributed by atoms with E-state index in [0.717, 1.165) is 4.88 Å². The molecule has 0 radical (unpaired) electrons. The summed E-state index contributed by atoms with van der Waals surface area (Å²) in [5, 5.41) is 13.4. The number of thiophene rings is 1. The molecule has 0 bridgehead atoms. The molecule has 2 aliphatic heterocycles. The first-order chi connectivity index (χ1) is 15.4. The molecule has 7 nitrogen and oxygen atoms in total. The SMILES string of the molecule is CCOC(=O)N1CCC(N2C(=O)C(=O)/C(=C(\O)c3ccc(Cl)cc3)C2c2cccs2)CC1. The van der Waals surface area contributed by atoms with Crippen LogP contribution in [-0.2, 0) is 14.3 Å². The number of likely N-dealkylation sites (tertiary alicyclic amines) is 2. The van der Waals surface area contributed by atoms with E-state index < -0.39 is 17.7 Å². The van der Waals surface area contributed by atoms with E-state index in [1.165, 1.54) is 11.3 Å². The maximum Gasteiger partial charge on any atom is 0.409 e. The Morgan fingerprint density at radius 1 is 1.19 bits per heavy atom. The van der Waals surface area contributed by atoms with E-state index in [9.17, 15) is 19.5 Å². The number of aliphatic hydroxyl groups excluding tert-OH is 1. The smallest absolute Gasteiger partial charge is 0.409 e. The molecule has 2 aromatic rings. The molecule has 0 spiro atoms. The number of rotatable bonds is 4. The molecule has 2 aliphatic rings. The second-order valence-corrected chi connectivity index (χ2v) is 9.06. The van der Waals surface area contributed by atoms with Gasteiger partial charge in [-0.25, -0.2) is 4.79 Å². The molecule has 2 fully saturated rings. The number of benzene rings is 1.